The number of aromatic nitrogens is 4. The fourth-order valence-electron chi connectivity index (χ4n) is 3.97. The molecule has 23 heavy (non-hydrogen) atoms. The van der Waals surface area contributed by atoms with E-state index in [1.165, 1.54) is 35.7 Å². The lowest BCUT2D eigenvalue weighted by Gasteiger charge is -2.51. The van der Waals surface area contributed by atoms with Gasteiger partial charge in [0.05, 0.1) is 5.92 Å². The molecule has 2 N–H and O–H groups in total. The lowest BCUT2D eigenvalue weighted by atomic mass is 9.64. The second kappa shape index (κ2) is 5.20. The summed E-state index contributed by atoms with van der Waals surface area (Å²) in [7, 11) is 4.36. The van der Waals surface area contributed by atoms with E-state index in [4.69, 9.17) is 0 Å². The molecule has 0 saturated heterocycles. The van der Waals surface area contributed by atoms with Crippen molar-refractivity contribution >= 4 is 10.9 Å². The molecule has 0 aliphatic heterocycles. The van der Waals surface area contributed by atoms with E-state index >= 15 is 0 Å². The fourth-order valence-corrected chi connectivity index (χ4v) is 3.97. The molecule has 1 unspecified atom stereocenters. The minimum atomic E-state index is 0.110. The average molecular weight is 309 g/mol. The number of rotatable bonds is 4. The number of hydrogen-bond acceptors (Lipinski definition) is 3. The SMILES string of the molecule is Cc1nc(C(c2ccc3[nH]ccc3c2)C2(N(C)C)CCC2)n[nH]1. The summed E-state index contributed by atoms with van der Waals surface area (Å²) in [5.74, 6) is 1.97. The molecule has 1 atom stereocenters. The van der Waals surface area contributed by atoms with E-state index < -0.39 is 0 Å². The van der Waals surface area contributed by atoms with Crippen LogP contribution in [0.5, 0.6) is 0 Å². The lowest BCUT2D eigenvalue weighted by Crippen LogP contribution is -2.55. The Kier molecular flexibility index (Phi) is 3.27. The summed E-state index contributed by atoms with van der Waals surface area (Å²) < 4.78 is 0. The van der Waals surface area contributed by atoms with Gasteiger partial charge >= 0.3 is 0 Å². The maximum absolute atomic E-state index is 4.68. The molecule has 2 aromatic heterocycles. The van der Waals surface area contributed by atoms with E-state index in [1.807, 2.05) is 13.1 Å². The first-order chi connectivity index (χ1) is 11.1. The van der Waals surface area contributed by atoms with E-state index in [2.05, 4.69) is 63.4 Å². The zero-order chi connectivity index (χ0) is 16.0. The van der Waals surface area contributed by atoms with Gasteiger partial charge in [-0.15, -0.1) is 0 Å². The van der Waals surface area contributed by atoms with Crippen LogP contribution in [0.4, 0.5) is 0 Å². The van der Waals surface area contributed by atoms with Gasteiger partial charge in [0.2, 0.25) is 0 Å². The molecule has 120 valence electrons. The molecule has 1 aromatic carbocycles. The molecule has 1 aliphatic rings. The van der Waals surface area contributed by atoms with Crippen LogP contribution in [0.2, 0.25) is 0 Å². The quantitative estimate of drug-likeness (QED) is 0.778. The molecule has 1 saturated carbocycles. The minimum absolute atomic E-state index is 0.110. The number of nitrogens with one attached hydrogen (secondary N) is 2. The highest BCUT2D eigenvalue weighted by molar-refractivity contribution is 5.80. The standard InChI is InChI=1S/C18H23N5/c1-12-20-17(22-21-12)16(18(23(2)3)8-4-9-18)14-5-6-15-13(11-14)7-10-19-15/h5-7,10-11,16,19H,4,8-9H2,1-3H3,(H,20,21,22). The number of likely N-dealkylation sites (N-methyl/N-ethyl adjacent to an activating group) is 1. The van der Waals surface area contributed by atoms with Crippen molar-refractivity contribution in [3.8, 4) is 0 Å². The number of aryl methyl sites for hydroxylation is 1. The summed E-state index contributed by atoms with van der Waals surface area (Å²) in [5.41, 5.74) is 2.58. The number of hydrogen-bond donors (Lipinski definition) is 2. The summed E-state index contributed by atoms with van der Waals surface area (Å²) in [6, 6.07) is 8.80. The summed E-state index contributed by atoms with van der Waals surface area (Å²) in [4.78, 5) is 10.3. The molecule has 0 radical (unpaired) electrons. The number of benzene rings is 1. The third-order valence-corrected chi connectivity index (χ3v) is 5.43. The van der Waals surface area contributed by atoms with Crippen LogP contribution >= 0.6 is 0 Å². The highest BCUT2D eigenvalue weighted by Crippen LogP contribution is 2.49. The van der Waals surface area contributed by atoms with Crippen LogP contribution in [0.1, 0.15) is 42.4 Å². The fraction of sp³-hybridized carbons (Fsp3) is 0.444. The monoisotopic (exact) mass is 309 g/mol. The molecule has 5 nitrogen and oxygen atoms in total. The van der Waals surface area contributed by atoms with E-state index in [1.54, 1.807) is 0 Å². The van der Waals surface area contributed by atoms with Crippen molar-refractivity contribution in [3.05, 3.63) is 47.7 Å². The molecule has 0 amide bonds. The first-order valence-electron chi connectivity index (χ1n) is 8.23. The zero-order valence-electron chi connectivity index (χ0n) is 13.9. The first kappa shape index (κ1) is 14.5. The molecule has 0 spiro atoms. The normalized spacial score (nSPS) is 18.3. The van der Waals surface area contributed by atoms with Crippen LogP contribution in [0.25, 0.3) is 10.9 Å². The Morgan fingerprint density at radius 3 is 2.65 bits per heavy atom. The highest BCUT2D eigenvalue weighted by atomic mass is 15.2. The number of fused-ring (bicyclic) bond motifs is 1. The molecular weight excluding hydrogens is 286 g/mol. The van der Waals surface area contributed by atoms with E-state index in [9.17, 15) is 0 Å². The summed E-state index contributed by atoms with van der Waals surface area (Å²) >= 11 is 0. The molecule has 1 fully saturated rings. The van der Waals surface area contributed by atoms with Gasteiger partial charge < -0.3 is 9.88 Å². The van der Waals surface area contributed by atoms with Gasteiger partial charge in [-0.25, -0.2) is 4.98 Å². The van der Waals surface area contributed by atoms with Gasteiger partial charge in [-0.3, -0.25) is 5.10 Å². The summed E-state index contributed by atoms with van der Waals surface area (Å²) in [6.07, 6.45) is 5.63. The second-order valence-corrected chi connectivity index (χ2v) is 6.89. The van der Waals surface area contributed by atoms with Crippen molar-refractivity contribution in [3.63, 3.8) is 0 Å². The Morgan fingerprint density at radius 2 is 2.04 bits per heavy atom. The minimum Gasteiger partial charge on any atom is -0.361 e. The molecule has 5 heteroatoms. The van der Waals surface area contributed by atoms with Crippen molar-refractivity contribution in [1.82, 2.24) is 25.1 Å². The van der Waals surface area contributed by atoms with E-state index in [0.29, 0.717) is 0 Å². The van der Waals surface area contributed by atoms with Crippen LogP contribution < -0.4 is 0 Å². The van der Waals surface area contributed by atoms with Gasteiger partial charge in [-0.2, -0.15) is 5.10 Å². The van der Waals surface area contributed by atoms with Gasteiger partial charge in [-0.05, 0) is 69.4 Å². The first-order valence-corrected chi connectivity index (χ1v) is 8.23. The smallest absolute Gasteiger partial charge is 0.159 e. The Hall–Kier alpha value is -2.14. The topological polar surface area (TPSA) is 60.6 Å². The third kappa shape index (κ3) is 2.18. The predicted molar refractivity (Wildman–Crippen MR) is 91.5 cm³/mol. The number of nitrogens with zero attached hydrogens (tertiary/aromatic N) is 3. The van der Waals surface area contributed by atoms with Crippen LogP contribution in [-0.2, 0) is 0 Å². The Bertz CT molecular complexity index is 825. The Balaban J connectivity index is 1.87. The molecule has 4 rings (SSSR count). The maximum atomic E-state index is 4.68. The van der Waals surface area contributed by atoms with Crippen molar-refractivity contribution in [2.24, 2.45) is 0 Å². The summed E-state index contributed by atoms with van der Waals surface area (Å²) in [5, 5.41) is 8.79. The van der Waals surface area contributed by atoms with Crippen LogP contribution in [0.3, 0.4) is 0 Å². The van der Waals surface area contributed by atoms with Crippen molar-refractivity contribution < 1.29 is 0 Å². The molecular formula is C18H23N5. The lowest BCUT2D eigenvalue weighted by molar-refractivity contribution is 0.0410. The molecule has 2 heterocycles. The largest absolute Gasteiger partial charge is 0.361 e. The van der Waals surface area contributed by atoms with Gasteiger partial charge in [0, 0.05) is 17.3 Å². The predicted octanol–water partition coefficient (Wildman–Crippen LogP) is 3.21. The van der Waals surface area contributed by atoms with Gasteiger partial charge in [0.25, 0.3) is 0 Å². The number of H-pyrrole nitrogens is 2. The van der Waals surface area contributed by atoms with Crippen molar-refractivity contribution in [1.29, 1.82) is 0 Å². The third-order valence-electron chi connectivity index (χ3n) is 5.43. The molecule has 3 aromatic rings. The molecule has 0 bridgehead atoms. The molecule has 1 aliphatic carbocycles. The Labute approximate surface area is 136 Å². The van der Waals surface area contributed by atoms with Crippen LogP contribution in [0.15, 0.2) is 30.5 Å². The van der Waals surface area contributed by atoms with E-state index in [0.717, 1.165) is 11.6 Å². The van der Waals surface area contributed by atoms with Crippen LogP contribution in [0, 0.1) is 6.92 Å². The van der Waals surface area contributed by atoms with E-state index in [-0.39, 0.29) is 11.5 Å². The number of aromatic amines is 2. The zero-order valence-corrected chi connectivity index (χ0v) is 13.9. The average Bonchev–Trinajstić information content (AvgIpc) is 3.09. The summed E-state index contributed by atoms with van der Waals surface area (Å²) in [6.45, 7) is 1.96. The maximum Gasteiger partial charge on any atom is 0.159 e. The van der Waals surface area contributed by atoms with Crippen molar-refractivity contribution in [2.75, 3.05) is 14.1 Å². The second-order valence-electron chi connectivity index (χ2n) is 6.89. The van der Waals surface area contributed by atoms with Crippen molar-refractivity contribution in [2.45, 2.75) is 37.6 Å². The highest BCUT2D eigenvalue weighted by Gasteiger charge is 2.48. The Morgan fingerprint density at radius 1 is 1.22 bits per heavy atom. The van der Waals surface area contributed by atoms with Gasteiger partial charge in [0.15, 0.2) is 5.82 Å². The van der Waals surface area contributed by atoms with Gasteiger partial charge in [0.1, 0.15) is 5.82 Å². The van der Waals surface area contributed by atoms with Crippen LogP contribution in [-0.4, -0.2) is 44.7 Å². The van der Waals surface area contributed by atoms with Gasteiger partial charge in [-0.1, -0.05) is 6.07 Å².